The first-order valence-corrected chi connectivity index (χ1v) is 14.6. The average molecular weight is 472 g/mol. The fraction of sp³-hybridized carbons (Fsp3) is 0.903. The molecule has 0 aromatic rings. The highest BCUT2D eigenvalue weighted by atomic mass is 16.5. The van der Waals surface area contributed by atoms with Gasteiger partial charge in [0.1, 0.15) is 6.10 Å². The predicted molar refractivity (Wildman–Crippen MR) is 141 cm³/mol. The Morgan fingerprint density at radius 1 is 1.06 bits per heavy atom. The summed E-state index contributed by atoms with van der Waals surface area (Å²) in [5.74, 6) is 5.19. The predicted octanol–water partition coefficient (Wildman–Crippen LogP) is 7.50. The molecule has 0 aromatic carbocycles. The van der Waals surface area contributed by atoms with E-state index in [9.17, 15) is 4.79 Å². The van der Waals surface area contributed by atoms with E-state index in [1.807, 2.05) is 19.0 Å². The van der Waals surface area contributed by atoms with Crippen molar-refractivity contribution < 1.29 is 9.53 Å². The Morgan fingerprint density at radius 2 is 1.82 bits per heavy atom. The van der Waals surface area contributed by atoms with Crippen molar-refractivity contribution in [2.45, 2.75) is 111 Å². The molecule has 8 atom stereocenters. The van der Waals surface area contributed by atoms with E-state index in [0.717, 1.165) is 48.3 Å². The van der Waals surface area contributed by atoms with Gasteiger partial charge in [-0.15, -0.1) is 0 Å². The Labute approximate surface area is 210 Å². The molecule has 194 valence electrons. The SMILES string of the molecule is CC(C)CCCC(C)[C@H]1CC[C@H]2C3CC=C4C[C@@H](OC(=O)CN(C)C)CCC4(C)[C@H]3CCC12C. The summed E-state index contributed by atoms with van der Waals surface area (Å²) >= 11 is 0. The standard InChI is InChI=1S/C31H53NO2/c1-21(2)9-8-10-22(3)26-13-14-27-25-12-11-23-19-24(34-29(33)20-32(6)7)15-17-30(23,4)28(25)16-18-31(26,27)5/h11,21-22,24-28H,8-10,12-20H2,1-7H3/t22?,24-,25?,26+,27-,28-,30?,31?/m0/s1. The molecular weight excluding hydrogens is 418 g/mol. The van der Waals surface area contributed by atoms with Crippen molar-refractivity contribution in [3.63, 3.8) is 0 Å². The Kier molecular flexibility index (Phi) is 7.92. The van der Waals surface area contributed by atoms with Crippen LogP contribution < -0.4 is 0 Å². The molecule has 0 saturated heterocycles. The summed E-state index contributed by atoms with van der Waals surface area (Å²) in [6.07, 6.45) is 17.1. The molecule has 0 radical (unpaired) electrons. The van der Waals surface area contributed by atoms with Crippen molar-refractivity contribution in [1.82, 2.24) is 4.90 Å². The number of fused-ring (bicyclic) bond motifs is 5. The highest BCUT2D eigenvalue weighted by Gasteiger charge is 2.59. The summed E-state index contributed by atoms with van der Waals surface area (Å²) in [6.45, 7) is 12.9. The van der Waals surface area contributed by atoms with Gasteiger partial charge in [-0.1, -0.05) is 65.5 Å². The van der Waals surface area contributed by atoms with E-state index in [4.69, 9.17) is 4.74 Å². The second kappa shape index (κ2) is 10.3. The molecule has 0 heterocycles. The number of nitrogens with zero attached hydrogens (tertiary/aromatic N) is 1. The molecule has 3 fully saturated rings. The maximum atomic E-state index is 12.3. The highest BCUT2D eigenvalue weighted by molar-refractivity contribution is 5.71. The third kappa shape index (κ3) is 5.02. The van der Waals surface area contributed by atoms with Crippen LogP contribution in [0.3, 0.4) is 0 Å². The van der Waals surface area contributed by atoms with Crippen LogP contribution in [0.2, 0.25) is 0 Å². The van der Waals surface area contributed by atoms with Gasteiger partial charge in [-0.05, 0) is 105 Å². The van der Waals surface area contributed by atoms with E-state index < -0.39 is 0 Å². The molecule has 4 unspecified atom stereocenters. The summed E-state index contributed by atoms with van der Waals surface area (Å²) in [6, 6.07) is 0. The van der Waals surface area contributed by atoms with Crippen molar-refractivity contribution in [2.75, 3.05) is 20.6 Å². The number of rotatable bonds is 8. The van der Waals surface area contributed by atoms with Gasteiger partial charge in [-0.25, -0.2) is 0 Å². The first-order valence-electron chi connectivity index (χ1n) is 14.6. The zero-order valence-electron chi connectivity index (χ0n) is 23.4. The van der Waals surface area contributed by atoms with Crippen molar-refractivity contribution in [2.24, 2.45) is 46.3 Å². The fourth-order valence-corrected chi connectivity index (χ4v) is 9.23. The summed E-state index contributed by atoms with van der Waals surface area (Å²) < 4.78 is 5.88. The molecule has 4 aliphatic rings. The van der Waals surface area contributed by atoms with Crippen LogP contribution in [0.25, 0.3) is 0 Å². The van der Waals surface area contributed by atoms with E-state index >= 15 is 0 Å². The van der Waals surface area contributed by atoms with Gasteiger partial charge in [-0.2, -0.15) is 0 Å². The van der Waals surface area contributed by atoms with Crippen molar-refractivity contribution in [3.8, 4) is 0 Å². The molecular formula is C31H53NO2. The summed E-state index contributed by atoms with van der Waals surface area (Å²) in [4.78, 5) is 14.2. The maximum absolute atomic E-state index is 12.3. The van der Waals surface area contributed by atoms with Crippen LogP contribution in [0, 0.1) is 46.3 Å². The zero-order valence-corrected chi connectivity index (χ0v) is 23.4. The summed E-state index contributed by atoms with van der Waals surface area (Å²) in [7, 11) is 3.86. The van der Waals surface area contributed by atoms with Crippen LogP contribution in [-0.4, -0.2) is 37.6 Å². The van der Waals surface area contributed by atoms with Crippen LogP contribution in [0.1, 0.15) is 105 Å². The lowest BCUT2D eigenvalue weighted by Gasteiger charge is -2.58. The number of ether oxygens (including phenoxy) is 1. The van der Waals surface area contributed by atoms with Gasteiger partial charge in [0.15, 0.2) is 0 Å². The van der Waals surface area contributed by atoms with E-state index in [1.54, 1.807) is 5.57 Å². The average Bonchev–Trinajstić information content (AvgIpc) is 3.10. The third-order valence-corrected chi connectivity index (χ3v) is 11.0. The van der Waals surface area contributed by atoms with E-state index in [2.05, 4.69) is 40.7 Å². The van der Waals surface area contributed by atoms with Gasteiger partial charge in [0.25, 0.3) is 0 Å². The molecule has 0 N–H and O–H groups in total. The molecule has 3 saturated carbocycles. The second-order valence-electron chi connectivity index (χ2n) is 13.9. The van der Waals surface area contributed by atoms with E-state index in [0.29, 0.717) is 17.4 Å². The minimum atomic E-state index is -0.0687. The Hall–Kier alpha value is -0.830. The molecule has 0 amide bonds. The quantitative estimate of drug-likeness (QED) is 0.271. The van der Waals surface area contributed by atoms with Gasteiger partial charge < -0.3 is 4.74 Å². The number of carbonyl (C=O) groups is 1. The number of hydrogen-bond acceptors (Lipinski definition) is 3. The number of carbonyl (C=O) groups excluding carboxylic acids is 1. The number of likely N-dealkylation sites (N-methyl/N-ethyl adjacent to an activating group) is 1. The van der Waals surface area contributed by atoms with Crippen molar-refractivity contribution in [3.05, 3.63) is 11.6 Å². The van der Waals surface area contributed by atoms with E-state index in [1.165, 1.54) is 57.8 Å². The van der Waals surface area contributed by atoms with Crippen LogP contribution in [0.5, 0.6) is 0 Å². The minimum Gasteiger partial charge on any atom is -0.461 e. The van der Waals surface area contributed by atoms with Gasteiger partial charge >= 0.3 is 5.97 Å². The smallest absolute Gasteiger partial charge is 0.320 e. The molecule has 3 heteroatoms. The van der Waals surface area contributed by atoms with Crippen LogP contribution in [0.4, 0.5) is 0 Å². The Bertz CT molecular complexity index is 757. The molecule has 3 nitrogen and oxygen atoms in total. The van der Waals surface area contributed by atoms with Crippen molar-refractivity contribution >= 4 is 5.97 Å². The van der Waals surface area contributed by atoms with Gasteiger partial charge in [0, 0.05) is 6.42 Å². The monoisotopic (exact) mass is 471 g/mol. The fourth-order valence-electron chi connectivity index (χ4n) is 9.23. The normalized spacial score (nSPS) is 40.4. The summed E-state index contributed by atoms with van der Waals surface area (Å²) in [5.41, 5.74) is 2.50. The molecule has 0 spiro atoms. The van der Waals surface area contributed by atoms with Crippen LogP contribution >= 0.6 is 0 Å². The number of allylic oxidation sites excluding steroid dienone is 1. The zero-order chi connectivity index (χ0) is 24.7. The largest absolute Gasteiger partial charge is 0.461 e. The second-order valence-corrected chi connectivity index (χ2v) is 13.9. The van der Waals surface area contributed by atoms with Crippen LogP contribution in [-0.2, 0) is 9.53 Å². The lowest BCUT2D eigenvalue weighted by Crippen LogP contribution is -2.51. The Morgan fingerprint density at radius 3 is 2.53 bits per heavy atom. The number of esters is 1. The molecule has 0 aliphatic heterocycles. The lowest BCUT2D eigenvalue weighted by molar-refractivity contribution is -0.152. The van der Waals surface area contributed by atoms with E-state index in [-0.39, 0.29) is 12.1 Å². The van der Waals surface area contributed by atoms with Gasteiger partial charge in [0.05, 0.1) is 6.54 Å². The lowest BCUT2D eigenvalue weighted by atomic mass is 9.47. The summed E-state index contributed by atoms with van der Waals surface area (Å²) in [5, 5.41) is 0. The molecule has 0 aromatic heterocycles. The first kappa shape index (κ1) is 26.2. The third-order valence-electron chi connectivity index (χ3n) is 11.0. The van der Waals surface area contributed by atoms with Crippen LogP contribution in [0.15, 0.2) is 11.6 Å². The minimum absolute atomic E-state index is 0.0687. The van der Waals surface area contributed by atoms with Crippen molar-refractivity contribution in [1.29, 1.82) is 0 Å². The topological polar surface area (TPSA) is 29.5 Å². The molecule has 4 rings (SSSR count). The molecule has 4 aliphatic carbocycles. The highest BCUT2D eigenvalue weighted by Crippen LogP contribution is 2.67. The first-order chi connectivity index (χ1) is 16.0. The maximum Gasteiger partial charge on any atom is 0.320 e. The number of hydrogen-bond donors (Lipinski definition) is 0. The molecule has 0 bridgehead atoms. The van der Waals surface area contributed by atoms with Gasteiger partial charge in [-0.3, -0.25) is 9.69 Å². The molecule has 34 heavy (non-hydrogen) atoms. The Balaban J connectivity index is 1.42. The van der Waals surface area contributed by atoms with Gasteiger partial charge in [0.2, 0.25) is 0 Å².